The summed E-state index contributed by atoms with van der Waals surface area (Å²) in [5, 5.41) is 10.6. The summed E-state index contributed by atoms with van der Waals surface area (Å²) in [6.07, 6.45) is 1.60. The molecule has 1 aromatic heterocycles. The minimum absolute atomic E-state index is 0.00376. The number of carbonyl (C=O) groups excluding carboxylic acids is 1. The highest BCUT2D eigenvalue weighted by atomic mass is 16.3. The van der Waals surface area contributed by atoms with Crippen LogP contribution in [-0.4, -0.2) is 53.0 Å². The van der Waals surface area contributed by atoms with Gasteiger partial charge in [0.25, 0.3) is 5.91 Å². The number of amides is 1. The molecule has 1 fully saturated rings. The highest BCUT2D eigenvalue weighted by Crippen LogP contribution is 2.30. The number of aromatic nitrogens is 1. The van der Waals surface area contributed by atoms with Crippen molar-refractivity contribution in [1.29, 1.82) is 0 Å². The van der Waals surface area contributed by atoms with Crippen LogP contribution in [0.3, 0.4) is 0 Å². The molecule has 1 amide bonds. The lowest BCUT2D eigenvalue weighted by Crippen LogP contribution is -2.35. The second-order valence-electron chi connectivity index (χ2n) is 7.07. The second-order valence-corrected chi connectivity index (χ2v) is 7.07. The van der Waals surface area contributed by atoms with E-state index in [1.807, 2.05) is 42.5 Å². The standard InChI is InChI=1S/C20H27N3O2/c1-22(2)20(25)18-9-8-17(21-18)14-23-12-10-16(11-13-23)19(24)15-6-4-3-5-7-15/h3-9,16,19,21,24H,10-14H2,1-2H3. The van der Waals surface area contributed by atoms with E-state index in [-0.39, 0.29) is 12.0 Å². The van der Waals surface area contributed by atoms with Gasteiger partial charge in [-0.15, -0.1) is 0 Å². The first kappa shape index (κ1) is 17.7. The fourth-order valence-corrected chi connectivity index (χ4v) is 3.49. The van der Waals surface area contributed by atoms with E-state index in [4.69, 9.17) is 0 Å². The molecule has 2 aromatic rings. The third-order valence-corrected chi connectivity index (χ3v) is 5.00. The third-order valence-electron chi connectivity index (χ3n) is 5.00. The molecule has 5 heteroatoms. The summed E-state index contributed by atoms with van der Waals surface area (Å²) in [7, 11) is 3.51. The van der Waals surface area contributed by atoms with Crippen molar-refractivity contribution in [2.45, 2.75) is 25.5 Å². The molecule has 1 atom stereocenters. The number of aliphatic hydroxyl groups is 1. The number of nitrogens with zero attached hydrogens (tertiary/aromatic N) is 2. The molecule has 1 saturated heterocycles. The minimum Gasteiger partial charge on any atom is -0.388 e. The molecule has 1 aliphatic heterocycles. The summed E-state index contributed by atoms with van der Waals surface area (Å²) in [5.41, 5.74) is 2.71. The molecule has 5 nitrogen and oxygen atoms in total. The van der Waals surface area contributed by atoms with Crippen LogP contribution in [0.25, 0.3) is 0 Å². The molecule has 2 heterocycles. The normalized spacial score (nSPS) is 17.4. The molecule has 1 aromatic carbocycles. The summed E-state index contributed by atoms with van der Waals surface area (Å²) in [6, 6.07) is 13.8. The van der Waals surface area contributed by atoms with Crippen LogP contribution in [0.4, 0.5) is 0 Å². The second kappa shape index (κ2) is 7.85. The summed E-state index contributed by atoms with van der Waals surface area (Å²) in [4.78, 5) is 19.1. The Morgan fingerprint density at radius 1 is 1.20 bits per heavy atom. The maximum absolute atomic E-state index is 12.0. The van der Waals surface area contributed by atoms with Crippen LogP contribution in [0.1, 0.15) is 40.7 Å². The van der Waals surface area contributed by atoms with Gasteiger partial charge in [0, 0.05) is 26.3 Å². The monoisotopic (exact) mass is 341 g/mol. The minimum atomic E-state index is -0.377. The molecular formula is C20H27N3O2. The van der Waals surface area contributed by atoms with E-state index in [0.717, 1.165) is 43.7 Å². The molecule has 2 N–H and O–H groups in total. The van der Waals surface area contributed by atoms with E-state index in [2.05, 4.69) is 9.88 Å². The van der Waals surface area contributed by atoms with Crippen LogP contribution >= 0.6 is 0 Å². The molecule has 0 spiro atoms. The molecule has 25 heavy (non-hydrogen) atoms. The number of H-pyrrole nitrogens is 1. The number of rotatable bonds is 5. The van der Waals surface area contributed by atoms with Crippen LogP contribution < -0.4 is 0 Å². The molecular weight excluding hydrogens is 314 g/mol. The number of likely N-dealkylation sites (tertiary alicyclic amines) is 1. The Kier molecular flexibility index (Phi) is 5.56. The summed E-state index contributed by atoms with van der Waals surface area (Å²) in [6.45, 7) is 2.74. The first-order valence-corrected chi connectivity index (χ1v) is 8.89. The fraction of sp³-hybridized carbons (Fsp3) is 0.450. The number of aliphatic hydroxyl groups excluding tert-OH is 1. The summed E-state index contributed by atoms with van der Waals surface area (Å²) < 4.78 is 0. The Morgan fingerprint density at radius 2 is 1.88 bits per heavy atom. The lowest BCUT2D eigenvalue weighted by atomic mass is 9.87. The maximum Gasteiger partial charge on any atom is 0.269 e. The Morgan fingerprint density at radius 3 is 2.52 bits per heavy atom. The van der Waals surface area contributed by atoms with E-state index < -0.39 is 0 Å². The van der Waals surface area contributed by atoms with Gasteiger partial charge in [0.15, 0.2) is 0 Å². The zero-order chi connectivity index (χ0) is 17.8. The van der Waals surface area contributed by atoms with E-state index in [0.29, 0.717) is 11.6 Å². The Labute approximate surface area is 149 Å². The molecule has 0 radical (unpaired) electrons. The van der Waals surface area contributed by atoms with E-state index in [1.165, 1.54) is 0 Å². The average Bonchev–Trinajstić information content (AvgIpc) is 3.10. The van der Waals surface area contributed by atoms with Crippen molar-refractivity contribution in [3.63, 3.8) is 0 Å². The number of hydrogen-bond acceptors (Lipinski definition) is 3. The van der Waals surface area contributed by atoms with Crippen molar-refractivity contribution in [2.75, 3.05) is 27.2 Å². The highest BCUT2D eigenvalue weighted by molar-refractivity contribution is 5.92. The largest absolute Gasteiger partial charge is 0.388 e. The van der Waals surface area contributed by atoms with Gasteiger partial charge in [-0.3, -0.25) is 9.69 Å². The van der Waals surface area contributed by atoms with Crippen LogP contribution in [0.2, 0.25) is 0 Å². The molecule has 0 bridgehead atoms. The number of nitrogens with one attached hydrogen (secondary N) is 1. The van der Waals surface area contributed by atoms with Crippen LogP contribution in [-0.2, 0) is 6.54 Å². The maximum atomic E-state index is 12.0. The predicted octanol–water partition coefficient (Wildman–Crippen LogP) is 2.66. The molecule has 1 aliphatic rings. The lowest BCUT2D eigenvalue weighted by Gasteiger charge is -2.34. The lowest BCUT2D eigenvalue weighted by molar-refractivity contribution is 0.0564. The Hall–Kier alpha value is -2.11. The number of aromatic amines is 1. The van der Waals surface area contributed by atoms with Crippen LogP contribution in [0, 0.1) is 5.92 Å². The quantitative estimate of drug-likeness (QED) is 0.879. The Balaban J connectivity index is 1.52. The van der Waals surface area contributed by atoms with Gasteiger partial charge in [0.1, 0.15) is 5.69 Å². The van der Waals surface area contributed by atoms with E-state index in [1.54, 1.807) is 19.0 Å². The van der Waals surface area contributed by atoms with Crippen molar-refractivity contribution in [3.8, 4) is 0 Å². The van der Waals surface area contributed by atoms with Gasteiger partial charge in [-0.2, -0.15) is 0 Å². The molecule has 3 rings (SSSR count). The van der Waals surface area contributed by atoms with Gasteiger partial charge >= 0.3 is 0 Å². The predicted molar refractivity (Wildman–Crippen MR) is 98.2 cm³/mol. The van der Waals surface area contributed by atoms with E-state index >= 15 is 0 Å². The van der Waals surface area contributed by atoms with Crippen LogP contribution in [0.5, 0.6) is 0 Å². The van der Waals surface area contributed by atoms with Crippen molar-refractivity contribution in [1.82, 2.24) is 14.8 Å². The van der Waals surface area contributed by atoms with Crippen molar-refractivity contribution < 1.29 is 9.90 Å². The first-order chi connectivity index (χ1) is 12.0. The number of hydrogen-bond donors (Lipinski definition) is 2. The van der Waals surface area contributed by atoms with E-state index in [9.17, 15) is 9.90 Å². The summed E-state index contributed by atoms with van der Waals surface area (Å²) >= 11 is 0. The molecule has 0 saturated carbocycles. The molecule has 1 unspecified atom stereocenters. The molecule has 0 aliphatic carbocycles. The number of piperidine rings is 1. The van der Waals surface area contributed by atoms with Crippen molar-refractivity contribution >= 4 is 5.91 Å². The fourth-order valence-electron chi connectivity index (χ4n) is 3.49. The first-order valence-electron chi connectivity index (χ1n) is 8.89. The van der Waals surface area contributed by atoms with Gasteiger partial charge < -0.3 is 15.0 Å². The van der Waals surface area contributed by atoms with Gasteiger partial charge in [-0.25, -0.2) is 0 Å². The summed E-state index contributed by atoms with van der Waals surface area (Å²) in [5.74, 6) is 0.309. The third kappa shape index (κ3) is 4.30. The zero-order valence-electron chi connectivity index (χ0n) is 15.0. The zero-order valence-corrected chi connectivity index (χ0v) is 15.0. The van der Waals surface area contributed by atoms with Gasteiger partial charge in [-0.1, -0.05) is 30.3 Å². The molecule has 134 valence electrons. The average molecular weight is 341 g/mol. The topological polar surface area (TPSA) is 59.6 Å². The van der Waals surface area contributed by atoms with Gasteiger partial charge in [0.05, 0.1) is 6.10 Å². The van der Waals surface area contributed by atoms with Crippen molar-refractivity contribution in [2.24, 2.45) is 5.92 Å². The number of carbonyl (C=O) groups is 1. The van der Waals surface area contributed by atoms with Gasteiger partial charge in [-0.05, 0) is 49.5 Å². The SMILES string of the molecule is CN(C)C(=O)c1ccc(CN2CCC(C(O)c3ccccc3)CC2)[nH]1. The van der Waals surface area contributed by atoms with Gasteiger partial charge in [0.2, 0.25) is 0 Å². The highest BCUT2D eigenvalue weighted by Gasteiger charge is 2.26. The Bertz CT molecular complexity index is 688. The smallest absolute Gasteiger partial charge is 0.269 e. The van der Waals surface area contributed by atoms with Crippen LogP contribution in [0.15, 0.2) is 42.5 Å². The number of benzene rings is 1. The van der Waals surface area contributed by atoms with Crippen molar-refractivity contribution in [3.05, 3.63) is 59.4 Å².